The third kappa shape index (κ3) is 2.72. The number of nitrogens with zero attached hydrogens (tertiary/aromatic N) is 2. The number of hydrogen-bond donors (Lipinski definition) is 1. The van der Waals surface area contributed by atoms with Gasteiger partial charge < -0.3 is 5.32 Å². The first-order valence-corrected chi connectivity index (χ1v) is 8.44. The van der Waals surface area contributed by atoms with Crippen LogP contribution in [0.2, 0.25) is 0 Å². The average Bonchev–Trinajstić information content (AvgIpc) is 2.60. The van der Waals surface area contributed by atoms with Crippen LogP contribution in [-0.2, 0) is 0 Å². The third-order valence-corrected chi connectivity index (χ3v) is 5.42. The Labute approximate surface area is 136 Å². The molecular formula is C19H22FN3. The Morgan fingerprint density at radius 1 is 1.13 bits per heavy atom. The van der Waals surface area contributed by atoms with Crippen LogP contribution in [0.15, 0.2) is 42.6 Å². The fourth-order valence-electron chi connectivity index (χ4n) is 4.05. The van der Waals surface area contributed by atoms with Crippen molar-refractivity contribution in [3.8, 4) is 11.3 Å². The van der Waals surface area contributed by atoms with E-state index < -0.39 is 0 Å². The number of nitrogens with one attached hydrogen (secondary N) is 1. The van der Waals surface area contributed by atoms with Crippen LogP contribution in [-0.4, -0.2) is 35.1 Å². The summed E-state index contributed by atoms with van der Waals surface area (Å²) in [6, 6.07) is 11.7. The van der Waals surface area contributed by atoms with E-state index in [2.05, 4.69) is 22.1 Å². The SMILES string of the molecule is C[C@@H]1[C@@H](Nc2ccc(-c3ccccc3F)nc2)C2CCN1CC2. The molecule has 0 aliphatic carbocycles. The first-order chi connectivity index (χ1) is 11.2. The second-order valence-corrected chi connectivity index (χ2v) is 6.70. The van der Waals surface area contributed by atoms with Gasteiger partial charge in [-0.15, -0.1) is 0 Å². The van der Waals surface area contributed by atoms with E-state index in [4.69, 9.17) is 0 Å². The highest BCUT2D eigenvalue weighted by Crippen LogP contribution is 2.34. The number of fused-ring (bicyclic) bond motifs is 3. The summed E-state index contributed by atoms with van der Waals surface area (Å²) in [5, 5.41) is 3.66. The molecule has 4 heterocycles. The second-order valence-electron chi connectivity index (χ2n) is 6.70. The molecule has 2 bridgehead atoms. The van der Waals surface area contributed by atoms with Crippen LogP contribution in [0.25, 0.3) is 11.3 Å². The minimum atomic E-state index is -0.230. The van der Waals surface area contributed by atoms with Gasteiger partial charge in [-0.2, -0.15) is 0 Å². The summed E-state index contributed by atoms with van der Waals surface area (Å²) >= 11 is 0. The molecular weight excluding hydrogens is 289 g/mol. The van der Waals surface area contributed by atoms with Crippen molar-refractivity contribution < 1.29 is 4.39 Å². The van der Waals surface area contributed by atoms with Gasteiger partial charge in [0.1, 0.15) is 5.82 Å². The number of halogens is 1. The summed E-state index contributed by atoms with van der Waals surface area (Å²) in [5.41, 5.74) is 2.25. The van der Waals surface area contributed by atoms with Gasteiger partial charge >= 0.3 is 0 Å². The summed E-state index contributed by atoms with van der Waals surface area (Å²) in [6.07, 6.45) is 4.39. The number of pyridine rings is 1. The Hall–Kier alpha value is -1.94. The van der Waals surface area contributed by atoms with Crippen molar-refractivity contribution in [1.82, 2.24) is 9.88 Å². The fraction of sp³-hybridized carbons (Fsp3) is 0.421. The van der Waals surface area contributed by atoms with Gasteiger partial charge in [0, 0.05) is 17.6 Å². The van der Waals surface area contributed by atoms with E-state index in [0.29, 0.717) is 23.3 Å². The van der Waals surface area contributed by atoms with E-state index in [1.165, 1.54) is 32.0 Å². The standard InChI is InChI=1S/C19H22FN3/c1-13-19(14-8-10-23(13)11-9-14)22-15-6-7-18(21-12-15)16-4-2-3-5-17(16)20/h2-7,12-14,19,22H,8-11H2,1H3/t13-,19-/m1/s1. The number of piperidine rings is 3. The van der Waals surface area contributed by atoms with Crippen molar-refractivity contribution in [1.29, 1.82) is 0 Å². The maximum atomic E-state index is 13.8. The molecule has 3 fully saturated rings. The van der Waals surface area contributed by atoms with Crippen molar-refractivity contribution in [2.24, 2.45) is 5.92 Å². The Morgan fingerprint density at radius 3 is 2.57 bits per heavy atom. The normalized spacial score (nSPS) is 29.5. The average molecular weight is 311 g/mol. The maximum Gasteiger partial charge on any atom is 0.132 e. The first-order valence-electron chi connectivity index (χ1n) is 8.44. The van der Waals surface area contributed by atoms with E-state index in [1.54, 1.807) is 12.1 Å². The Kier molecular flexibility index (Phi) is 3.77. The number of rotatable bonds is 3. The second kappa shape index (κ2) is 5.93. The van der Waals surface area contributed by atoms with E-state index in [-0.39, 0.29) is 5.82 Å². The monoisotopic (exact) mass is 311 g/mol. The fourth-order valence-corrected chi connectivity index (χ4v) is 4.05. The molecule has 0 saturated carbocycles. The highest BCUT2D eigenvalue weighted by atomic mass is 19.1. The van der Waals surface area contributed by atoms with Crippen LogP contribution in [0.5, 0.6) is 0 Å². The van der Waals surface area contributed by atoms with Crippen LogP contribution < -0.4 is 5.32 Å². The van der Waals surface area contributed by atoms with Crippen LogP contribution in [0.4, 0.5) is 10.1 Å². The lowest BCUT2D eigenvalue weighted by atomic mass is 9.79. The van der Waals surface area contributed by atoms with Gasteiger partial charge in [0.05, 0.1) is 17.6 Å². The molecule has 3 aliphatic rings. The topological polar surface area (TPSA) is 28.2 Å². The molecule has 2 aromatic rings. The summed E-state index contributed by atoms with van der Waals surface area (Å²) in [7, 11) is 0. The largest absolute Gasteiger partial charge is 0.379 e. The summed E-state index contributed by atoms with van der Waals surface area (Å²) in [4.78, 5) is 7.01. The molecule has 1 aromatic heterocycles. The Morgan fingerprint density at radius 2 is 1.91 bits per heavy atom. The van der Waals surface area contributed by atoms with Crippen molar-refractivity contribution in [2.45, 2.75) is 31.8 Å². The predicted molar refractivity (Wildman–Crippen MR) is 90.8 cm³/mol. The summed E-state index contributed by atoms with van der Waals surface area (Å²) in [5.74, 6) is 0.521. The molecule has 1 aromatic carbocycles. The number of hydrogen-bond acceptors (Lipinski definition) is 3. The number of aromatic nitrogens is 1. The van der Waals surface area contributed by atoms with Crippen LogP contribution >= 0.6 is 0 Å². The molecule has 0 radical (unpaired) electrons. The lowest BCUT2D eigenvalue weighted by Crippen LogP contribution is -2.59. The third-order valence-electron chi connectivity index (χ3n) is 5.42. The number of anilines is 1. The van der Waals surface area contributed by atoms with Gasteiger partial charge in [-0.3, -0.25) is 9.88 Å². The molecule has 23 heavy (non-hydrogen) atoms. The summed E-state index contributed by atoms with van der Waals surface area (Å²) < 4.78 is 13.8. The lowest BCUT2D eigenvalue weighted by Gasteiger charge is -2.50. The molecule has 0 unspecified atom stereocenters. The molecule has 3 aliphatic heterocycles. The molecule has 0 spiro atoms. The zero-order valence-electron chi connectivity index (χ0n) is 13.4. The maximum absolute atomic E-state index is 13.8. The van der Waals surface area contributed by atoms with Gasteiger partial charge in [0.15, 0.2) is 0 Å². The molecule has 5 rings (SSSR count). The van der Waals surface area contributed by atoms with Gasteiger partial charge in [-0.25, -0.2) is 4.39 Å². The lowest BCUT2D eigenvalue weighted by molar-refractivity contribution is 0.0458. The molecule has 1 N–H and O–H groups in total. The van der Waals surface area contributed by atoms with E-state index in [1.807, 2.05) is 24.4 Å². The smallest absolute Gasteiger partial charge is 0.132 e. The van der Waals surface area contributed by atoms with Crippen molar-refractivity contribution in [3.63, 3.8) is 0 Å². The van der Waals surface area contributed by atoms with Gasteiger partial charge in [0.2, 0.25) is 0 Å². The van der Waals surface area contributed by atoms with Crippen molar-refractivity contribution >= 4 is 5.69 Å². The van der Waals surface area contributed by atoms with Crippen LogP contribution in [0, 0.1) is 11.7 Å². The van der Waals surface area contributed by atoms with Crippen LogP contribution in [0.1, 0.15) is 19.8 Å². The Bertz CT molecular complexity index is 675. The quantitative estimate of drug-likeness (QED) is 0.935. The van der Waals surface area contributed by atoms with E-state index in [0.717, 1.165) is 11.6 Å². The van der Waals surface area contributed by atoms with Gasteiger partial charge in [-0.05, 0) is 63.0 Å². The van der Waals surface area contributed by atoms with Gasteiger partial charge in [0.25, 0.3) is 0 Å². The molecule has 3 saturated heterocycles. The van der Waals surface area contributed by atoms with Gasteiger partial charge in [-0.1, -0.05) is 12.1 Å². The molecule has 0 amide bonds. The molecule has 120 valence electrons. The van der Waals surface area contributed by atoms with Crippen molar-refractivity contribution in [2.75, 3.05) is 18.4 Å². The van der Waals surface area contributed by atoms with E-state index in [9.17, 15) is 4.39 Å². The minimum Gasteiger partial charge on any atom is -0.379 e. The predicted octanol–water partition coefficient (Wildman–Crippen LogP) is 3.78. The van der Waals surface area contributed by atoms with Crippen molar-refractivity contribution in [3.05, 3.63) is 48.4 Å². The van der Waals surface area contributed by atoms with Crippen LogP contribution in [0.3, 0.4) is 0 Å². The zero-order chi connectivity index (χ0) is 15.8. The van der Waals surface area contributed by atoms with E-state index >= 15 is 0 Å². The molecule has 2 atom stereocenters. The molecule has 4 heteroatoms. The first kappa shape index (κ1) is 14.6. The highest BCUT2D eigenvalue weighted by molar-refractivity contribution is 5.61. The molecule has 3 nitrogen and oxygen atoms in total. The highest BCUT2D eigenvalue weighted by Gasteiger charge is 2.39. The zero-order valence-corrected chi connectivity index (χ0v) is 13.4. The summed E-state index contributed by atoms with van der Waals surface area (Å²) in [6.45, 7) is 4.77. The Balaban J connectivity index is 1.52. The number of benzene rings is 1. The minimum absolute atomic E-state index is 0.230.